The average Bonchev–Trinajstić information content (AvgIpc) is 2.65. The highest BCUT2D eigenvalue weighted by Crippen LogP contribution is 2.27. The van der Waals surface area contributed by atoms with E-state index in [4.69, 9.17) is 5.73 Å². The van der Waals surface area contributed by atoms with Crippen LogP contribution in [0.5, 0.6) is 0 Å². The molecule has 1 aliphatic rings. The molecule has 0 aliphatic heterocycles. The Kier molecular flexibility index (Phi) is 6.69. The molecule has 1 atom stereocenters. The van der Waals surface area contributed by atoms with Gasteiger partial charge in [0.15, 0.2) is 5.96 Å². The fourth-order valence-corrected chi connectivity index (χ4v) is 3.16. The van der Waals surface area contributed by atoms with Crippen LogP contribution in [0.25, 0.3) is 0 Å². The summed E-state index contributed by atoms with van der Waals surface area (Å²) in [6.07, 6.45) is 4.27. The number of nitrogens with one attached hydrogen (secondary N) is 2. The number of nitrogens with two attached hydrogens (primary N) is 1. The highest BCUT2D eigenvalue weighted by Gasteiger charge is 2.25. The van der Waals surface area contributed by atoms with Crippen molar-refractivity contribution in [3.63, 3.8) is 0 Å². The summed E-state index contributed by atoms with van der Waals surface area (Å²) < 4.78 is 0. The topological polar surface area (TPSA) is 79.5 Å². The van der Waals surface area contributed by atoms with Crippen LogP contribution in [-0.4, -0.2) is 11.9 Å². The molecule has 1 aliphatic carbocycles. The van der Waals surface area contributed by atoms with E-state index in [0.717, 1.165) is 42.6 Å². The van der Waals surface area contributed by atoms with Crippen molar-refractivity contribution in [3.05, 3.63) is 59.7 Å². The third kappa shape index (κ3) is 5.35. The van der Waals surface area contributed by atoms with Gasteiger partial charge in [0.25, 0.3) is 0 Å². The van der Waals surface area contributed by atoms with Crippen LogP contribution in [0.15, 0.2) is 53.5 Å². The summed E-state index contributed by atoms with van der Waals surface area (Å²) in [5, 5.41) is 6.13. The smallest absolute Gasteiger partial charge is 0.227 e. The molecule has 2 aromatic rings. The molecule has 0 heterocycles. The summed E-state index contributed by atoms with van der Waals surface area (Å²) >= 11 is 0. The van der Waals surface area contributed by atoms with Gasteiger partial charge in [-0.15, -0.1) is 0 Å². The maximum absolute atomic E-state index is 12.1. The van der Waals surface area contributed by atoms with Crippen LogP contribution in [0.2, 0.25) is 0 Å². The number of hydrogen-bond acceptors (Lipinski definition) is 2. The molecular weight excluding hydrogens is 348 g/mol. The standard InChI is InChI=1S/C23H30N4O/c1-3-16(2)18-10-12-20(13-11-18)27-23(24)25-15-17-6-4-9-21(14-17)26-22(28)19-7-5-8-19/h4,6,9-14,16,19H,3,5,7-8,15H2,1-2H3,(H,26,28)(H3,24,25,27). The predicted octanol–water partition coefficient (Wildman–Crippen LogP) is 4.87. The van der Waals surface area contributed by atoms with Crippen LogP contribution in [0.3, 0.4) is 0 Å². The van der Waals surface area contributed by atoms with Crippen molar-refractivity contribution >= 4 is 23.2 Å². The molecule has 0 radical (unpaired) electrons. The first-order valence-corrected chi connectivity index (χ1v) is 10.1. The van der Waals surface area contributed by atoms with E-state index in [1.807, 2.05) is 36.4 Å². The molecular formula is C23H30N4O. The third-order valence-electron chi connectivity index (χ3n) is 5.47. The number of nitrogens with zero attached hydrogens (tertiary/aromatic N) is 1. The molecule has 1 fully saturated rings. The Hall–Kier alpha value is -2.82. The summed E-state index contributed by atoms with van der Waals surface area (Å²) in [6.45, 7) is 4.87. The highest BCUT2D eigenvalue weighted by molar-refractivity contribution is 5.93. The van der Waals surface area contributed by atoms with Gasteiger partial charge >= 0.3 is 0 Å². The van der Waals surface area contributed by atoms with Crippen molar-refractivity contribution in [1.29, 1.82) is 0 Å². The molecule has 5 heteroatoms. The Bertz CT molecular complexity index is 825. The number of rotatable bonds is 7. The van der Waals surface area contributed by atoms with Gasteiger partial charge in [0.2, 0.25) is 5.91 Å². The minimum atomic E-state index is 0.119. The Morgan fingerprint density at radius 1 is 1.14 bits per heavy atom. The van der Waals surface area contributed by atoms with E-state index in [2.05, 4.69) is 41.6 Å². The van der Waals surface area contributed by atoms with Gasteiger partial charge in [-0.05, 0) is 60.6 Å². The molecule has 1 amide bonds. The number of hydrogen-bond donors (Lipinski definition) is 3. The predicted molar refractivity (Wildman–Crippen MR) is 117 cm³/mol. The summed E-state index contributed by atoms with van der Waals surface area (Å²) in [7, 11) is 0. The Morgan fingerprint density at radius 3 is 2.54 bits per heavy atom. The number of aliphatic imine (C=N–C) groups is 1. The van der Waals surface area contributed by atoms with Crippen molar-refractivity contribution in [2.75, 3.05) is 10.6 Å². The van der Waals surface area contributed by atoms with Gasteiger partial charge in [0.05, 0.1) is 6.54 Å². The molecule has 0 saturated heterocycles. The summed E-state index contributed by atoms with van der Waals surface area (Å²) in [5.74, 6) is 1.22. The second kappa shape index (κ2) is 9.40. The molecule has 2 aromatic carbocycles. The van der Waals surface area contributed by atoms with E-state index in [1.165, 1.54) is 5.56 Å². The SMILES string of the molecule is CCC(C)c1ccc(NC(N)=NCc2cccc(NC(=O)C3CCC3)c2)cc1. The lowest BCUT2D eigenvalue weighted by atomic mass is 9.85. The molecule has 0 aromatic heterocycles. The molecule has 4 N–H and O–H groups in total. The fourth-order valence-electron chi connectivity index (χ4n) is 3.16. The van der Waals surface area contributed by atoms with Gasteiger partial charge in [-0.2, -0.15) is 0 Å². The van der Waals surface area contributed by atoms with Crippen LogP contribution in [-0.2, 0) is 11.3 Å². The van der Waals surface area contributed by atoms with Gasteiger partial charge in [0.1, 0.15) is 0 Å². The van der Waals surface area contributed by atoms with Gasteiger partial charge < -0.3 is 16.4 Å². The number of guanidine groups is 1. The lowest BCUT2D eigenvalue weighted by Gasteiger charge is -2.24. The van der Waals surface area contributed by atoms with Gasteiger partial charge in [-0.1, -0.05) is 44.5 Å². The van der Waals surface area contributed by atoms with E-state index in [1.54, 1.807) is 0 Å². The zero-order chi connectivity index (χ0) is 19.9. The average molecular weight is 379 g/mol. The van der Waals surface area contributed by atoms with Crippen molar-refractivity contribution in [2.24, 2.45) is 16.6 Å². The molecule has 148 valence electrons. The molecule has 1 unspecified atom stereocenters. The van der Waals surface area contributed by atoms with Crippen molar-refractivity contribution in [3.8, 4) is 0 Å². The fraction of sp³-hybridized carbons (Fsp3) is 0.391. The number of anilines is 2. The molecule has 1 saturated carbocycles. The minimum Gasteiger partial charge on any atom is -0.370 e. The summed E-state index contributed by atoms with van der Waals surface area (Å²) in [5.41, 5.74) is 10.1. The Labute approximate surface area is 167 Å². The number of carbonyl (C=O) groups excluding carboxylic acids is 1. The van der Waals surface area contributed by atoms with Crippen LogP contribution in [0.1, 0.15) is 56.6 Å². The molecule has 0 spiro atoms. The van der Waals surface area contributed by atoms with Crippen LogP contribution >= 0.6 is 0 Å². The normalized spacial score (nSPS) is 15.6. The first-order chi connectivity index (χ1) is 13.5. The molecule has 28 heavy (non-hydrogen) atoms. The molecule has 3 rings (SSSR count). The monoisotopic (exact) mass is 378 g/mol. The quantitative estimate of drug-likeness (QED) is 0.475. The zero-order valence-electron chi connectivity index (χ0n) is 16.7. The number of amides is 1. The molecule has 0 bridgehead atoms. The van der Waals surface area contributed by atoms with E-state index < -0.39 is 0 Å². The first kappa shape index (κ1) is 19.9. The maximum atomic E-state index is 12.1. The van der Waals surface area contributed by atoms with Crippen molar-refractivity contribution in [1.82, 2.24) is 0 Å². The largest absolute Gasteiger partial charge is 0.370 e. The Morgan fingerprint density at radius 2 is 1.89 bits per heavy atom. The van der Waals surface area contributed by atoms with Crippen molar-refractivity contribution in [2.45, 2.75) is 52.0 Å². The van der Waals surface area contributed by atoms with Crippen LogP contribution in [0.4, 0.5) is 11.4 Å². The van der Waals surface area contributed by atoms with Crippen LogP contribution < -0.4 is 16.4 Å². The Balaban J connectivity index is 1.55. The van der Waals surface area contributed by atoms with Gasteiger partial charge in [0, 0.05) is 17.3 Å². The summed E-state index contributed by atoms with van der Waals surface area (Å²) in [6, 6.07) is 16.1. The second-order valence-corrected chi connectivity index (χ2v) is 7.58. The van der Waals surface area contributed by atoms with E-state index >= 15 is 0 Å². The minimum absolute atomic E-state index is 0.119. The van der Waals surface area contributed by atoms with Gasteiger partial charge in [-0.25, -0.2) is 4.99 Å². The third-order valence-corrected chi connectivity index (χ3v) is 5.47. The second-order valence-electron chi connectivity index (χ2n) is 7.58. The maximum Gasteiger partial charge on any atom is 0.227 e. The lowest BCUT2D eigenvalue weighted by Crippen LogP contribution is -2.28. The number of carbonyl (C=O) groups is 1. The number of benzene rings is 2. The van der Waals surface area contributed by atoms with E-state index in [0.29, 0.717) is 18.4 Å². The van der Waals surface area contributed by atoms with Crippen LogP contribution in [0, 0.1) is 5.92 Å². The van der Waals surface area contributed by atoms with E-state index in [-0.39, 0.29) is 11.8 Å². The first-order valence-electron chi connectivity index (χ1n) is 10.1. The summed E-state index contributed by atoms with van der Waals surface area (Å²) in [4.78, 5) is 16.5. The zero-order valence-corrected chi connectivity index (χ0v) is 16.7. The lowest BCUT2D eigenvalue weighted by molar-refractivity contribution is -0.122. The molecule has 5 nitrogen and oxygen atoms in total. The van der Waals surface area contributed by atoms with Crippen molar-refractivity contribution < 1.29 is 4.79 Å². The van der Waals surface area contributed by atoms with Gasteiger partial charge in [-0.3, -0.25) is 4.79 Å². The highest BCUT2D eigenvalue weighted by atomic mass is 16.1. The van der Waals surface area contributed by atoms with E-state index in [9.17, 15) is 4.79 Å².